The molecule has 1 unspecified atom stereocenters. The quantitative estimate of drug-likeness (QED) is 0.500. The second-order valence-electron chi connectivity index (χ2n) is 0.795. The van der Waals surface area contributed by atoms with E-state index in [-0.39, 0.29) is 6.33 Å². The molecular formula is C3H2Cl2F2. The summed E-state index contributed by atoms with van der Waals surface area (Å²) in [4.78, 5) is 0. The SMILES string of the molecule is FC=C(Cl)C(F)Cl. The van der Waals surface area contributed by atoms with Crippen molar-refractivity contribution in [1.82, 2.24) is 0 Å². The fourth-order valence-corrected chi connectivity index (χ4v) is 0.0952. The highest BCUT2D eigenvalue weighted by Gasteiger charge is 2.03. The molecule has 1 atom stereocenters. The van der Waals surface area contributed by atoms with Crippen LogP contribution in [0.1, 0.15) is 0 Å². The van der Waals surface area contributed by atoms with Gasteiger partial charge in [0.15, 0.2) is 0 Å². The minimum atomic E-state index is -1.91. The van der Waals surface area contributed by atoms with Crippen molar-refractivity contribution in [2.75, 3.05) is 0 Å². The topological polar surface area (TPSA) is 0 Å². The average Bonchev–Trinajstić information content (AvgIpc) is 1.65. The number of allylic oxidation sites excluding steroid dienone is 1. The Morgan fingerprint density at radius 2 is 2.14 bits per heavy atom. The van der Waals surface area contributed by atoms with Crippen molar-refractivity contribution in [3.63, 3.8) is 0 Å². The molecule has 0 aliphatic heterocycles. The van der Waals surface area contributed by atoms with Crippen molar-refractivity contribution < 1.29 is 8.78 Å². The van der Waals surface area contributed by atoms with E-state index in [9.17, 15) is 8.78 Å². The zero-order valence-corrected chi connectivity index (χ0v) is 4.68. The predicted octanol–water partition coefficient (Wildman–Crippen LogP) is 2.57. The van der Waals surface area contributed by atoms with Crippen LogP contribution in [-0.4, -0.2) is 5.63 Å². The summed E-state index contributed by atoms with van der Waals surface area (Å²) in [5, 5.41) is -0.623. The molecule has 0 aromatic heterocycles. The minimum Gasteiger partial charge on any atom is -0.224 e. The van der Waals surface area contributed by atoms with E-state index in [4.69, 9.17) is 11.6 Å². The van der Waals surface area contributed by atoms with Crippen molar-refractivity contribution in [2.45, 2.75) is 5.63 Å². The third-order valence-corrected chi connectivity index (χ3v) is 0.934. The van der Waals surface area contributed by atoms with Crippen LogP contribution in [0.5, 0.6) is 0 Å². The van der Waals surface area contributed by atoms with Crippen molar-refractivity contribution in [1.29, 1.82) is 0 Å². The number of hydrogen-bond donors (Lipinski definition) is 0. The molecule has 0 spiro atoms. The molecule has 0 saturated carbocycles. The summed E-state index contributed by atoms with van der Waals surface area (Å²) in [6.07, 6.45) is -0.0841. The molecule has 0 radical (unpaired) electrons. The summed E-state index contributed by atoms with van der Waals surface area (Å²) in [5.41, 5.74) is -1.91. The number of alkyl halides is 2. The summed E-state index contributed by atoms with van der Waals surface area (Å²) >= 11 is 9.40. The monoisotopic (exact) mass is 146 g/mol. The van der Waals surface area contributed by atoms with Crippen LogP contribution < -0.4 is 0 Å². The molecule has 0 rings (SSSR count). The summed E-state index contributed by atoms with van der Waals surface area (Å²) in [6.45, 7) is 0. The van der Waals surface area contributed by atoms with Gasteiger partial charge >= 0.3 is 0 Å². The third kappa shape index (κ3) is 2.83. The van der Waals surface area contributed by atoms with Crippen LogP contribution in [0.4, 0.5) is 8.78 Å². The van der Waals surface area contributed by atoms with Gasteiger partial charge in [-0.2, -0.15) is 0 Å². The number of halogens is 4. The zero-order chi connectivity index (χ0) is 5.86. The Balaban J connectivity index is 3.56. The Labute approximate surface area is 49.7 Å². The molecule has 4 heteroatoms. The fraction of sp³-hybridized carbons (Fsp3) is 0.333. The van der Waals surface area contributed by atoms with Gasteiger partial charge in [0.2, 0.25) is 5.63 Å². The molecule has 0 nitrogen and oxygen atoms in total. The lowest BCUT2D eigenvalue weighted by Crippen LogP contribution is -1.83. The van der Waals surface area contributed by atoms with Crippen molar-refractivity contribution in [3.8, 4) is 0 Å². The van der Waals surface area contributed by atoms with Crippen LogP contribution in [0, 0.1) is 0 Å². The molecule has 0 amide bonds. The van der Waals surface area contributed by atoms with Crippen LogP contribution in [0.2, 0.25) is 0 Å². The lowest BCUT2D eigenvalue weighted by atomic mass is 10.7. The van der Waals surface area contributed by atoms with E-state index in [1.54, 1.807) is 0 Å². The molecule has 0 aliphatic carbocycles. The van der Waals surface area contributed by atoms with E-state index in [0.29, 0.717) is 0 Å². The Morgan fingerprint density at radius 1 is 1.71 bits per heavy atom. The van der Waals surface area contributed by atoms with Gasteiger partial charge in [-0.15, -0.1) is 0 Å². The van der Waals surface area contributed by atoms with Gasteiger partial charge in [-0.05, 0) is 0 Å². The maximum Gasteiger partial charge on any atom is 0.211 e. The minimum absolute atomic E-state index is 0.0841. The first-order valence-corrected chi connectivity index (χ1v) is 2.24. The van der Waals surface area contributed by atoms with E-state index < -0.39 is 10.7 Å². The average molecular weight is 147 g/mol. The molecule has 42 valence electrons. The van der Waals surface area contributed by atoms with Crippen LogP contribution >= 0.6 is 23.2 Å². The molecule has 0 aromatic rings. The zero-order valence-electron chi connectivity index (χ0n) is 3.17. The highest BCUT2D eigenvalue weighted by atomic mass is 35.5. The van der Waals surface area contributed by atoms with Gasteiger partial charge in [0.25, 0.3) is 0 Å². The molecule has 0 saturated heterocycles. The van der Waals surface area contributed by atoms with Crippen LogP contribution in [0.25, 0.3) is 0 Å². The number of rotatable bonds is 1. The standard InChI is InChI=1S/C3H2Cl2F2/c4-2(1-6)3(5)7/h1,3H. The number of hydrogen-bond acceptors (Lipinski definition) is 0. The van der Waals surface area contributed by atoms with E-state index >= 15 is 0 Å². The predicted molar refractivity (Wildman–Crippen MR) is 25.8 cm³/mol. The van der Waals surface area contributed by atoms with Crippen molar-refractivity contribution >= 4 is 23.2 Å². The molecule has 0 N–H and O–H groups in total. The lowest BCUT2D eigenvalue weighted by molar-refractivity contribution is 0.499. The van der Waals surface area contributed by atoms with E-state index in [2.05, 4.69) is 11.6 Å². The Kier molecular flexibility index (Phi) is 3.30. The fourth-order valence-electron chi connectivity index (χ4n) is 0.0476. The maximum absolute atomic E-state index is 11.4. The van der Waals surface area contributed by atoms with Crippen LogP contribution in [0.15, 0.2) is 11.4 Å². The molecule has 0 bridgehead atoms. The lowest BCUT2D eigenvalue weighted by Gasteiger charge is -1.88. The smallest absolute Gasteiger partial charge is 0.211 e. The normalized spacial score (nSPS) is 16.9. The first-order chi connectivity index (χ1) is 3.18. The summed E-state index contributed by atoms with van der Waals surface area (Å²) in [6, 6.07) is 0. The Bertz CT molecular complexity index is 79.0. The van der Waals surface area contributed by atoms with Gasteiger partial charge in [-0.3, -0.25) is 0 Å². The maximum atomic E-state index is 11.4. The van der Waals surface area contributed by atoms with Gasteiger partial charge in [0, 0.05) is 0 Å². The Morgan fingerprint density at radius 3 is 2.14 bits per heavy atom. The van der Waals surface area contributed by atoms with Gasteiger partial charge in [-0.1, -0.05) is 23.2 Å². The first kappa shape index (κ1) is 7.18. The van der Waals surface area contributed by atoms with Gasteiger partial charge in [0.05, 0.1) is 5.03 Å². The summed E-state index contributed by atoms with van der Waals surface area (Å²) < 4.78 is 22.4. The van der Waals surface area contributed by atoms with Gasteiger partial charge in [-0.25, -0.2) is 8.78 Å². The first-order valence-electron chi connectivity index (χ1n) is 1.42. The molecule has 0 aliphatic rings. The second-order valence-corrected chi connectivity index (χ2v) is 1.61. The van der Waals surface area contributed by atoms with Gasteiger partial charge in [0.1, 0.15) is 6.33 Å². The molecular weight excluding hydrogens is 145 g/mol. The summed E-state index contributed by atoms with van der Waals surface area (Å²) in [7, 11) is 0. The van der Waals surface area contributed by atoms with Crippen molar-refractivity contribution in [2.24, 2.45) is 0 Å². The van der Waals surface area contributed by atoms with E-state index in [1.807, 2.05) is 0 Å². The molecule has 0 heterocycles. The molecule has 0 aromatic carbocycles. The molecule has 7 heavy (non-hydrogen) atoms. The van der Waals surface area contributed by atoms with E-state index in [0.717, 1.165) is 0 Å². The third-order valence-electron chi connectivity index (χ3n) is 0.313. The second kappa shape index (κ2) is 3.22. The highest BCUT2D eigenvalue weighted by Crippen LogP contribution is 2.14. The van der Waals surface area contributed by atoms with E-state index in [1.165, 1.54) is 0 Å². The summed E-state index contributed by atoms with van der Waals surface area (Å²) in [5.74, 6) is 0. The van der Waals surface area contributed by atoms with Crippen molar-refractivity contribution in [3.05, 3.63) is 11.4 Å². The molecule has 0 fully saturated rings. The largest absolute Gasteiger partial charge is 0.224 e. The Hall–Kier alpha value is 0.180. The van der Waals surface area contributed by atoms with Crippen LogP contribution in [-0.2, 0) is 0 Å². The van der Waals surface area contributed by atoms with Gasteiger partial charge < -0.3 is 0 Å². The highest BCUT2D eigenvalue weighted by molar-refractivity contribution is 6.36. The van der Waals surface area contributed by atoms with Crippen LogP contribution in [0.3, 0.4) is 0 Å².